The van der Waals surface area contributed by atoms with E-state index < -0.39 is 5.92 Å². The molecule has 24 heavy (non-hydrogen) atoms. The minimum absolute atomic E-state index is 0.00700. The highest BCUT2D eigenvalue weighted by Crippen LogP contribution is 2.38. The van der Waals surface area contributed by atoms with Gasteiger partial charge in [0.15, 0.2) is 11.5 Å². The molecule has 0 bridgehead atoms. The van der Waals surface area contributed by atoms with Crippen molar-refractivity contribution in [2.24, 2.45) is 0 Å². The van der Waals surface area contributed by atoms with Crippen molar-refractivity contribution in [1.29, 1.82) is 0 Å². The number of alkyl halides is 2. The van der Waals surface area contributed by atoms with Gasteiger partial charge >= 0.3 is 0 Å². The Labute approximate surface area is 140 Å². The monoisotopic (exact) mass is 334 g/mol. The lowest BCUT2D eigenvalue weighted by molar-refractivity contribution is 0.0175. The molecule has 0 radical (unpaired) electrons. The van der Waals surface area contributed by atoms with Crippen LogP contribution < -0.4 is 14.2 Å². The van der Waals surface area contributed by atoms with E-state index >= 15 is 0 Å². The normalized spacial score (nSPS) is 11.6. The second-order valence-electron chi connectivity index (χ2n) is 5.30. The Morgan fingerprint density at radius 1 is 0.792 bits per heavy atom. The number of halogens is 2. The summed E-state index contributed by atoms with van der Waals surface area (Å²) in [5, 5.41) is 0. The fourth-order valence-corrected chi connectivity index (χ4v) is 2.28. The smallest absolute Gasteiger partial charge is 0.270 e. The molecule has 0 aliphatic carbocycles. The highest BCUT2D eigenvalue weighted by atomic mass is 19.3. The van der Waals surface area contributed by atoms with Gasteiger partial charge in [0.25, 0.3) is 5.92 Å². The van der Waals surface area contributed by atoms with E-state index in [1.165, 1.54) is 12.1 Å². The summed E-state index contributed by atoms with van der Waals surface area (Å²) in [6, 6.07) is 9.78. The van der Waals surface area contributed by atoms with Crippen molar-refractivity contribution in [1.82, 2.24) is 0 Å². The Kier molecular flexibility index (Phi) is 5.44. The van der Waals surface area contributed by atoms with Crippen molar-refractivity contribution in [3.63, 3.8) is 0 Å². The summed E-state index contributed by atoms with van der Waals surface area (Å²) in [6.45, 7) is 0.883. The van der Waals surface area contributed by atoms with Gasteiger partial charge in [0.2, 0.25) is 5.75 Å². The predicted molar refractivity (Wildman–Crippen MR) is 91.0 cm³/mol. The minimum atomic E-state index is -2.83. The van der Waals surface area contributed by atoms with Crippen molar-refractivity contribution >= 4 is 12.2 Å². The molecule has 2 rings (SSSR count). The van der Waals surface area contributed by atoms with Crippen LogP contribution in [0.4, 0.5) is 8.78 Å². The molecule has 2 aromatic rings. The Morgan fingerprint density at radius 3 is 1.71 bits per heavy atom. The van der Waals surface area contributed by atoms with E-state index in [4.69, 9.17) is 14.2 Å². The van der Waals surface area contributed by atoms with Gasteiger partial charge in [-0.1, -0.05) is 36.4 Å². The first-order valence-electron chi connectivity index (χ1n) is 7.35. The quantitative estimate of drug-likeness (QED) is 0.696. The van der Waals surface area contributed by atoms with Crippen molar-refractivity contribution in [2.45, 2.75) is 12.8 Å². The van der Waals surface area contributed by atoms with Gasteiger partial charge in [0.05, 0.1) is 21.3 Å². The third kappa shape index (κ3) is 4.04. The highest BCUT2D eigenvalue weighted by molar-refractivity contribution is 5.72. The number of hydrogen-bond acceptors (Lipinski definition) is 3. The molecule has 5 heteroatoms. The molecule has 0 saturated carbocycles. The molecular formula is C19H20F2O3. The number of benzene rings is 2. The van der Waals surface area contributed by atoms with Crippen LogP contribution in [0, 0.1) is 0 Å². The lowest BCUT2D eigenvalue weighted by Gasteiger charge is -2.13. The third-order valence-electron chi connectivity index (χ3n) is 3.57. The zero-order chi connectivity index (χ0) is 17.7. The van der Waals surface area contributed by atoms with E-state index in [0.29, 0.717) is 17.2 Å². The molecule has 0 unspecified atom stereocenters. The first-order valence-corrected chi connectivity index (χ1v) is 7.35. The molecule has 0 amide bonds. The number of methoxy groups -OCH3 is 3. The lowest BCUT2D eigenvalue weighted by Crippen LogP contribution is -2.06. The average molecular weight is 334 g/mol. The topological polar surface area (TPSA) is 27.7 Å². The molecule has 0 atom stereocenters. The van der Waals surface area contributed by atoms with Crippen LogP contribution in [0.25, 0.3) is 12.2 Å². The van der Waals surface area contributed by atoms with Crippen LogP contribution in [0.2, 0.25) is 0 Å². The van der Waals surface area contributed by atoms with Crippen LogP contribution in [0.15, 0.2) is 36.4 Å². The van der Waals surface area contributed by atoms with Gasteiger partial charge in [-0.3, -0.25) is 0 Å². The summed E-state index contributed by atoms with van der Waals surface area (Å²) in [6.07, 6.45) is 3.68. The fraction of sp³-hybridized carbons (Fsp3) is 0.263. The molecule has 0 heterocycles. The molecule has 2 aromatic carbocycles. The molecule has 0 aliphatic rings. The van der Waals surface area contributed by atoms with Crippen molar-refractivity contribution in [2.75, 3.05) is 21.3 Å². The van der Waals surface area contributed by atoms with Crippen LogP contribution in [-0.2, 0) is 5.92 Å². The van der Waals surface area contributed by atoms with E-state index in [0.717, 1.165) is 18.1 Å². The highest BCUT2D eigenvalue weighted by Gasteiger charge is 2.23. The van der Waals surface area contributed by atoms with Crippen LogP contribution >= 0.6 is 0 Å². The van der Waals surface area contributed by atoms with Gasteiger partial charge in [0, 0.05) is 12.5 Å². The van der Waals surface area contributed by atoms with Gasteiger partial charge in [-0.05, 0) is 23.3 Å². The largest absolute Gasteiger partial charge is 0.493 e. The van der Waals surface area contributed by atoms with Crippen LogP contribution in [0.1, 0.15) is 23.6 Å². The fourth-order valence-electron chi connectivity index (χ4n) is 2.28. The molecule has 0 N–H and O–H groups in total. The van der Waals surface area contributed by atoms with Gasteiger partial charge in [-0.25, -0.2) is 8.78 Å². The standard InChI is InChI=1S/C19H20F2O3/c1-19(20,21)15-9-7-13(8-10-15)5-6-14-11-16(22-2)18(24-4)17(12-14)23-3/h5-12H,1-4H3/b6-5-. The number of rotatable bonds is 6. The SMILES string of the molecule is COc1cc(/C=C\c2ccc(C(C)(F)F)cc2)cc(OC)c1OC. The van der Waals surface area contributed by atoms with E-state index in [1.807, 2.05) is 24.3 Å². The van der Waals surface area contributed by atoms with Gasteiger partial charge < -0.3 is 14.2 Å². The molecule has 0 spiro atoms. The first-order chi connectivity index (χ1) is 11.4. The van der Waals surface area contributed by atoms with Gasteiger partial charge in [0.1, 0.15) is 0 Å². The summed E-state index contributed by atoms with van der Waals surface area (Å²) in [7, 11) is 4.64. The zero-order valence-electron chi connectivity index (χ0n) is 14.1. The molecular weight excluding hydrogens is 314 g/mol. The summed E-state index contributed by atoms with van der Waals surface area (Å²) in [4.78, 5) is 0. The Balaban J connectivity index is 2.28. The van der Waals surface area contributed by atoms with Crippen molar-refractivity contribution in [3.8, 4) is 17.2 Å². The summed E-state index contributed by atoms with van der Waals surface area (Å²) in [5.41, 5.74) is 1.65. The van der Waals surface area contributed by atoms with Crippen LogP contribution in [-0.4, -0.2) is 21.3 Å². The summed E-state index contributed by atoms with van der Waals surface area (Å²) in [5.74, 6) is -1.21. The van der Waals surface area contributed by atoms with Crippen molar-refractivity contribution < 1.29 is 23.0 Å². The van der Waals surface area contributed by atoms with Crippen LogP contribution in [0.3, 0.4) is 0 Å². The molecule has 3 nitrogen and oxygen atoms in total. The van der Waals surface area contributed by atoms with Crippen LogP contribution in [0.5, 0.6) is 17.2 Å². The Bertz CT molecular complexity index is 691. The second kappa shape index (κ2) is 7.34. The Morgan fingerprint density at radius 2 is 1.29 bits per heavy atom. The summed E-state index contributed by atoms with van der Waals surface area (Å²) >= 11 is 0. The number of hydrogen-bond donors (Lipinski definition) is 0. The molecule has 0 aliphatic heterocycles. The maximum Gasteiger partial charge on any atom is 0.270 e. The van der Waals surface area contributed by atoms with Gasteiger partial charge in [-0.2, -0.15) is 0 Å². The third-order valence-corrected chi connectivity index (χ3v) is 3.57. The molecule has 128 valence electrons. The maximum atomic E-state index is 13.2. The zero-order valence-corrected chi connectivity index (χ0v) is 14.1. The minimum Gasteiger partial charge on any atom is -0.493 e. The van der Waals surface area contributed by atoms with Crippen molar-refractivity contribution in [3.05, 3.63) is 53.1 Å². The predicted octanol–water partition coefficient (Wildman–Crippen LogP) is 4.99. The van der Waals surface area contributed by atoms with E-state index in [2.05, 4.69) is 0 Å². The second-order valence-corrected chi connectivity index (χ2v) is 5.30. The lowest BCUT2D eigenvalue weighted by atomic mass is 10.1. The molecule has 0 aromatic heterocycles. The van der Waals surface area contributed by atoms with E-state index in [9.17, 15) is 8.78 Å². The Hall–Kier alpha value is -2.56. The molecule has 0 fully saturated rings. The van der Waals surface area contributed by atoms with E-state index in [1.54, 1.807) is 33.5 Å². The number of ether oxygens (including phenoxy) is 3. The molecule has 0 saturated heterocycles. The maximum absolute atomic E-state index is 13.2. The average Bonchev–Trinajstić information content (AvgIpc) is 2.58. The first kappa shape index (κ1) is 17.8. The summed E-state index contributed by atoms with van der Waals surface area (Å²) < 4.78 is 42.3. The van der Waals surface area contributed by atoms with E-state index in [-0.39, 0.29) is 5.56 Å². The van der Waals surface area contributed by atoms with Gasteiger partial charge in [-0.15, -0.1) is 0 Å².